The van der Waals surface area contributed by atoms with Gasteiger partial charge in [0.25, 0.3) is 5.91 Å². The third-order valence-corrected chi connectivity index (χ3v) is 2.46. The number of rotatable bonds is 6. The van der Waals surface area contributed by atoms with Gasteiger partial charge in [0.15, 0.2) is 0 Å². The van der Waals surface area contributed by atoms with Crippen LogP contribution in [0.4, 0.5) is 4.79 Å². The van der Waals surface area contributed by atoms with Gasteiger partial charge in [-0.2, -0.15) is 0 Å². The molecule has 0 aliphatic heterocycles. The summed E-state index contributed by atoms with van der Waals surface area (Å²) in [4.78, 5) is 44.6. The molecular weight excluding hydrogens is 266 g/mol. The van der Waals surface area contributed by atoms with Gasteiger partial charge in [-0.1, -0.05) is 0 Å². The first-order valence-corrected chi connectivity index (χ1v) is 6.06. The van der Waals surface area contributed by atoms with E-state index in [1.54, 1.807) is 6.92 Å². The summed E-state index contributed by atoms with van der Waals surface area (Å²) in [6, 6.07) is -0.781. The van der Waals surface area contributed by atoms with Gasteiger partial charge in [-0.05, 0) is 20.8 Å². The highest BCUT2D eigenvalue weighted by atomic mass is 16.4. The van der Waals surface area contributed by atoms with Crippen LogP contribution >= 0.6 is 0 Å². The lowest BCUT2D eigenvalue weighted by molar-refractivity contribution is -0.133. The van der Waals surface area contributed by atoms with Crippen molar-refractivity contribution >= 4 is 23.8 Å². The first kappa shape index (κ1) is 17.6. The van der Waals surface area contributed by atoms with Gasteiger partial charge in [-0.3, -0.25) is 14.9 Å². The normalized spacial score (nSPS) is 11.2. The van der Waals surface area contributed by atoms with Crippen molar-refractivity contribution < 1.29 is 24.3 Å². The second-order valence-corrected chi connectivity index (χ2v) is 3.97. The minimum absolute atomic E-state index is 0.0589. The number of carboxylic acid groups (broad SMARTS) is 1. The van der Waals surface area contributed by atoms with Gasteiger partial charge in [0.05, 0.1) is 0 Å². The number of amides is 4. The fourth-order valence-corrected chi connectivity index (χ4v) is 1.15. The van der Waals surface area contributed by atoms with Gasteiger partial charge in [0.2, 0.25) is 5.91 Å². The van der Waals surface area contributed by atoms with Crippen LogP contribution in [0, 0.1) is 0 Å². The highest BCUT2D eigenvalue weighted by Gasteiger charge is 2.15. The molecule has 0 saturated carbocycles. The van der Waals surface area contributed by atoms with Crippen LogP contribution in [-0.2, 0) is 14.4 Å². The Bertz CT molecular complexity index is 442. The molecule has 0 saturated heterocycles. The molecule has 0 rings (SSSR count). The molecule has 0 aromatic rings. The van der Waals surface area contributed by atoms with Gasteiger partial charge in [0, 0.05) is 30.7 Å². The third kappa shape index (κ3) is 6.53. The van der Waals surface area contributed by atoms with Gasteiger partial charge >= 0.3 is 12.0 Å². The summed E-state index contributed by atoms with van der Waals surface area (Å²) in [5.74, 6) is -2.23. The smallest absolute Gasteiger partial charge is 0.331 e. The molecule has 4 N–H and O–H groups in total. The maximum absolute atomic E-state index is 11.5. The van der Waals surface area contributed by atoms with Gasteiger partial charge < -0.3 is 15.7 Å². The summed E-state index contributed by atoms with van der Waals surface area (Å²) in [5.41, 5.74) is -0.200. The fraction of sp³-hybridized carbons (Fsp3) is 0.500. The topological polar surface area (TPSA) is 125 Å². The van der Waals surface area contributed by atoms with Gasteiger partial charge in [-0.15, -0.1) is 0 Å². The van der Waals surface area contributed by atoms with Crippen LogP contribution in [0.25, 0.3) is 0 Å². The van der Waals surface area contributed by atoms with Crippen LogP contribution in [0.3, 0.4) is 0 Å². The maximum atomic E-state index is 11.5. The van der Waals surface area contributed by atoms with E-state index in [-0.39, 0.29) is 30.0 Å². The standard InChI is InChI=1S/C12H19N3O5/c1-4-13-9(16)5-6-14-12(20)15-10(17)7(2)8(3)11(18)19/h4-6H2,1-3H3,(H,13,16)(H,18,19)(H2,14,15,17,20). The molecule has 0 aliphatic carbocycles. The Morgan fingerprint density at radius 1 is 1.00 bits per heavy atom. The Hall–Kier alpha value is -2.38. The van der Waals surface area contributed by atoms with E-state index in [0.717, 1.165) is 0 Å². The van der Waals surface area contributed by atoms with E-state index in [4.69, 9.17) is 5.11 Å². The molecule has 4 amide bonds. The lowest BCUT2D eigenvalue weighted by Crippen LogP contribution is -2.41. The van der Waals surface area contributed by atoms with E-state index in [0.29, 0.717) is 6.54 Å². The van der Waals surface area contributed by atoms with Crippen LogP contribution in [-0.4, -0.2) is 42.0 Å². The van der Waals surface area contributed by atoms with E-state index in [2.05, 4.69) is 10.6 Å². The number of hydrogen-bond acceptors (Lipinski definition) is 4. The molecule has 0 heterocycles. The largest absolute Gasteiger partial charge is 0.478 e. The summed E-state index contributed by atoms with van der Waals surface area (Å²) in [7, 11) is 0. The number of hydrogen-bond donors (Lipinski definition) is 4. The molecule has 0 aliphatic rings. The van der Waals surface area contributed by atoms with Gasteiger partial charge in [-0.25, -0.2) is 9.59 Å². The zero-order chi connectivity index (χ0) is 15.7. The quantitative estimate of drug-likeness (QED) is 0.501. The summed E-state index contributed by atoms with van der Waals surface area (Å²) in [5, 5.41) is 15.6. The number of carbonyl (C=O) groups is 4. The maximum Gasteiger partial charge on any atom is 0.331 e. The second-order valence-electron chi connectivity index (χ2n) is 3.97. The first-order chi connectivity index (χ1) is 9.29. The number of carbonyl (C=O) groups excluding carboxylic acids is 3. The second kappa shape index (κ2) is 8.68. The van der Waals surface area contributed by atoms with Crippen LogP contribution in [0.5, 0.6) is 0 Å². The summed E-state index contributed by atoms with van der Waals surface area (Å²) < 4.78 is 0. The number of nitrogens with one attached hydrogen (secondary N) is 3. The Balaban J connectivity index is 4.22. The predicted octanol–water partition coefficient (Wildman–Crippen LogP) is -0.241. The van der Waals surface area contributed by atoms with Crippen molar-refractivity contribution in [2.45, 2.75) is 27.2 Å². The molecule has 8 nitrogen and oxygen atoms in total. The predicted molar refractivity (Wildman–Crippen MR) is 70.9 cm³/mol. The Morgan fingerprint density at radius 2 is 1.60 bits per heavy atom. The van der Waals surface area contributed by atoms with Crippen molar-refractivity contribution in [1.29, 1.82) is 0 Å². The average Bonchev–Trinajstić information content (AvgIpc) is 2.36. The van der Waals surface area contributed by atoms with Crippen molar-refractivity contribution in [3.8, 4) is 0 Å². The van der Waals surface area contributed by atoms with Crippen molar-refractivity contribution in [3.63, 3.8) is 0 Å². The number of urea groups is 1. The minimum atomic E-state index is -1.23. The molecule has 0 aromatic carbocycles. The molecular formula is C12H19N3O5. The van der Waals surface area contributed by atoms with Crippen molar-refractivity contribution in [2.24, 2.45) is 0 Å². The van der Waals surface area contributed by atoms with E-state index in [9.17, 15) is 19.2 Å². The third-order valence-electron chi connectivity index (χ3n) is 2.46. The lowest BCUT2D eigenvalue weighted by Gasteiger charge is -2.08. The van der Waals surface area contributed by atoms with Crippen LogP contribution in [0.1, 0.15) is 27.2 Å². The van der Waals surface area contributed by atoms with E-state index < -0.39 is 17.9 Å². The van der Waals surface area contributed by atoms with E-state index in [1.165, 1.54) is 13.8 Å². The molecule has 8 heteroatoms. The molecule has 0 atom stereocenters. The SMILES string of the molecule is CCNC(=O)CCNC(=O)NC(=O)C(C)=C(C)C(=O)O. The number of carboxylic acids is 1. The zero-order valence-corrected chi connectivity index (χ0v) is 11.7. The molecule has 0 bridgehead atoms. The number of aliphatic carboxylic acids is 1. The summed E-state index contributed by atoms with van der Waals surface area (Å²) >= 11 is 0. The summed E-state index contributed by atoms with van der Waals surface area (Å²) in [6.45, 7) is 4.93. The fourth-order valence-electron chi connectivity index (χ4n) is 1.15. The highest BCUT2D eigenvalue weighted by molar-refractivity contribution is 6.07. The zero-order valence-electron chi connectivity index (χ0n) is 11.7. The first-order valence-electron chi connectivity index (χ1n) is 6.06. The molecule has 0 fully saturated rings. The summed E-state index contributed by atoms with van der Waals surface area (Å²) in [6.07, 6.45) is 0.0957. The van der Waals surface area contributed by atoms with Crippen LogP contribution in [0.15, 0.2) is 11.1 Å². The Labute approximate surface area is 116 Å². The molecule has 0 unspecified atom stereocenters. The molecule has 20 heavy (non-hydrogen) atoms. The Kier molecular flexibility index (Phi) is 7.64. The monoisotopic (exact) mass is 285 g/mol. The number of imide groups is 1. The molecule has 112 valence electrons. The van der Waals surface area contributed by atoms with E-state index in [1.807, 2.05) is 5.32 Å². The molecule has 0 spiro atoms. The average molecular weight is 285 g/mol. The van der Waals surface area contributed by atoms with Crippen molar-refractivity contribution in [2.75, 3.05) is 13.1 Å². The molecule has 0 radical (unpaired) electrons. The van der Waals surface area contributed by atoms with E-state index >= 15 is 0 Å². The lowest BCUT2D eigenvalue weighted by atomic mass is 10.1. The Morgan fingerprint density at radius 3 is 2.10 bits per heavy atom. The highest BCUT2D eigenvalue weighted by Crippen LogP contribution is 2.03. The van der Waals surface area contributed by atoms with Crippen LogP contribution < -0.4 is 16.0 Å². The van der Waals surface area contributed by atoms with Crippen molar-refractivity contribution in [3.05, 3.63) is 11.1 Å². The van der Waals surface area contributed by atoms with Crippen molar-refractivity contribution in [1.82, 2.24) is 16.0 Å². The minimum Gasteiger partial charge on any atom is -0.478 e. The van der Waals surface area contributed by atoms with Crippen LogP contribution in [0.2, 0.25) is 0 Å². The molecule has 0 aromatic heterocycles. The van der Waals surface area contributed by atoms with Gasteiger partial charge in [0.1, 0.15) is 0 Å².